The zero-order valence-corrected chi connectivity index (χ0v) is 15.9. The number of benzene rings is 1. The molecule has 29 heavy (non-hydrogen) atoms. The van der Waals surface area contributed by atoms with Crippen LogP contribution >= 0.6 is 0 Å². The van der Waals surface area contributed by atoms with Gasteiger partial charge in [0.2, 0.25) is 0 Å². The molecule has 0 aliphatic carbocycles. The quantitative estimate of drug-likeness (QED) is 0.633. The highest BCUT2D eigenvalue weighted by Crippen LogP contribution is 2.30. The number of aromatic nitrogens is 2. The lowest BCUT2D eigenvalue weighted by Gasteiger charge is -2.14. The number of amides is 3. The first kappa shape index (κ1) is 18.6. The van der Waals surface area contributed by atoms with Crippen molar-refractivity contribution in [1.82, 2.24) is 20.6 Å². The number of hydrogen-bond acceptors (Lipinski definition) is 5. The molecule has 1 unspecified atom stereocenters. The predicted octanol–water partition coefficient (Wildman–Crippen LogP) is 3.24. The van der Waals surface area contributed by atoms with Crippen molar-refractivity contribution >= 4 is 11.9 Å². The van der Waals surface area contributed by atoms with Gasteiger partial charge in [-0.1, -0.05) is 12.1 Å². The minimum Gasteiger partial charge on any atom is -0.457 e. The van der Waals surface area contributed by atoms with Gasteiger partial charge in [-0.15, -0.1) is 0 Å². The first-order valence-electron chi connectivity index (χ1n) is 9.32. The van der Waals surface area contributed by atoms with Gasteiger partial charge in [0, 0.05) is 29.8 Å². The highest BCUT2D eigenvalue weighted by Gasteiger charge is 2.33. The van der Waals surface area contributed by atoms with Crippen molar-refractivity contribution < 1.29 is 14.3 Å². The molecular formula is C22H20N4O3. The molecule has 1 aliphatic heterocycles. The van der Waals surface area contributed by atoms with E-state index in [1.54, 1.807) is 12.3 Å². The Hall–Kier alpha value is -3.74. The molecule has 3 amide bonds. The minimum absolute atomic E-state index is 0.422. The lowest BCUT2D eigenvalue weighted by molar-refractivity contribution is -0.120. The fourth-order valence-electron chi connectivity index (χ4n) is 3.24. The van der Waals surface area contributed by atoms with Crippen molar-refractivity contribution in [3.05, 3.63) is 83.4 Å². The van der Waals surface area contributed by atoms with E-state index in [4.69, 9.17) is 4.74 Å². The maximum atomic E-state index is 12.0. The molecule has 3 heterocycles. The van der Waals surface area contributed by atoms with Gasteiger partial charge < -0.3 is 10.1 Å². The smallest absolute Gasteiger partial charge is 0.322 e. The fourth-order valence-corrected chi connectivity index (χ4v) is 3.24. The van der Waals surface area contributed by atoms with Gasteiger partial charge in [-0.2, -0.15) is 0 Å². The van der Waals surface area contributed by atoms with E-state index in [1.807, 2.05) is 43.5 Å². The van der Waals surface area contributed by atoms with Crippen LogP contribution < -0.4 is 15.4 Å². The Morgan fingerprint density at radius 2 is 1.79 bits per heavy atom. The van der Waals surface area contributed by atoms with Gasteiger partial charge in [0.15, 0.2) is 0 Å². The van der Waals surface area contributed by atoms with Crippen LogP contribution in [0.5, 0.6) is 11.5 Å². The standard InChI is InChI=1S/C22H20N4O3/c1-14-12-16(8-11-24-14)3-2-15-4-6-17(7-5-15)29-19-9-10-23-13-18(19)20-21(27)26-22(28)25-20/h4-13,20H,2-3H2,1H3,(H2,25,26,27,28). The number of nitrogens with zero attached hydrogens (tertiary/aromatic N) is 2. The summed E-state index contributed by atoms with van der Waals surface area (Å²) in [4.78, 5) is 31.7. The normalized spacial score (nSPS) is 15.7. The SMILES string of the molecule is Cc1cc(CCc2ccc(Oc3ccncc3C3NC(=O)NC3=O)cc2)ccn1. The Labute approximate surface area is 168 Å². The molecule has 0 spiro atoms. The molecule has 1 fully saturated rings. The Kier molecular flexibility index (Phi) is 5.20. The number of rotatable bonds is 6. The number of carbonyl (C=O) groups is 2. The van der Waals surface area contributed by atoms with Gasteiger partial charge in [0.25, 0.3) is 5.91 Å². The second-order valence-electron chi connectivity index (χ2n) is 6.86. The Morgan fingerprint density at radius 1 is 1.00 bits per heavy atom. The molecule has 0 bridgehead atoms. The van der Waals surface area contributed by atoms with Crippen molar-refractivity contribution in [1.29, 1.82) is 0 Å². The zero-order valence-electron chi connectivity index (χ0n) is 15.9. The molecule has 7 nitrogen and oxygen atoms in total. The average molecular weight is 388 g/mol. The maximum absolute atomic E-state index is 12.0. The van der Waals surface area contributed by atoms with Crippen molar-refractivity contribution in [2.24, 2.45) is 0 Å². The van der Waals surface area contributed by atoms with Gasteiger partial charge in [-0.25, -0.2) is 4.79 Å². The number of ether oxygens (including phenoxy) is 1. The topological polar surface area (TPSA) is 93.2 Å². The summed E-state index contributed by atoms with van der Waals surface area (Å²) in [6.07, 6.45) is 6.79. The van der Waals surface area contributed by atoms with Gasteiger partial charge >= 0.3 is 6.03 Å². The summed E-state index contributed by atoms with van der Waals surface area (Å²) in [5, 5.41) is 4.79. The summed E-state index contributed by atoms with van der Waals surface area (Å²) in [6, 6.07) is 12.3. The molecule has 2 N–H and O–H groups in total. The molecule has 3 aromatic rings. The molecule has 0 radical (unpaired) electrons. The molecule has 1 aliphatic rings. The van der Waals surface area contributed by atoms with E-state index in [1.165, 1.54) is 17.3 Å². The molecule has 2 aromatic heterocycles. The average Bonchev–Trinajstić information content (AvgIpc) is 3.06. The molecule has 4 rings (SSSR count). The summed E-state index contributed by atoms with van der Waals surface area (Å²) >= 11 is 0. The molecule has 1 aromatic carbocycles. The first-order valence-corrected chi connectivity index (χ1v) is 9.32. The van der Waals surface area contributed by atoms with E-state index < -0.39 is 18.0 Å². The van der Waals surface area contributed by atoms with E-state index in [0.29, 0.717) is 17.1 Å². The van der Waals surface area contributed by atoms with Gasteiger partial charge in [-0.3, -0.25) is 20.1 Å². The van der Waals surface area contributed by atoms with Crippen LogP contribution in [0.15, 0.2) is 61.1 Å². The largest absolute Gasteiger partial charge is 0.457 e. The molecule has 7 heteroatoms. The van der Waals surface area contributed by atoms with Gasteiger partial charge in [0.1, 0.15) is 17.5 Å². The number of pyridine rings is 2. The van der Waals surface area contributed by atoms with Crippen LogP contribution in [0.2, 0.25) is 0 Å². The first-order chi connectivity index (χ1) is 14.1. The third-order valence-corrected chi connectivity index (χ3v) is 4.71. The van der Waals surface area contributed by atoms with E-state index in [0.717, 1.165) is 18.5 Å². The van der Waals surface area contributed by atoms with Crippen LogP contribution in [-0.4, -0.2) is 21.9 Å². The summed E-state index contributed by atoms with van der Waals surface area (Å²) in [5.74, 6) is 0.697. The highest BCUT2D eigenvalue weighted by molar-refractivity contribution is 6.04. The summed E-state index contributed by atoms with van der Waals surface area (Å²) in [5.41, 5.74) is 3.99. The summed E-state index contributed by atoms with van der Waals surface area (Å²) < 4.78 is 5.96. The van der Waals surface area contributed by atoms with Crippen LogP contribution in [0.1, 0.15) is 28.4 Å². The molecule has 1 saturated heterocycles. The highest BCUT2D eigenvalue weighted by atomic mass is 16.5. The zero-order chi connectivity index (χ0) is 20.2. The van der Waals surface area contributed by atoms with Crippen molar-refractivity contribution in [2.75, 3.05) is 0 Å². The van der Waals surface area contributed by atoms with Crippen LogP contribution in [0, 0.1) is 6.92 Å². The number of urea groups is 1. The van der Waals surface area contributed by atoms with E-state index in [2.05, 4.69) is 26.7 Å². The second-order valence-corrected chi connectivity index (χ2v) is 6.86. The van der Waals surface area contributed by atoms with Crippen molar-refractivity contribution in [3.63, 3.8) is 0 Å². The molecule has 0 saturated carbocycles. The number of nitrogens with one attached hydrogen (secondary N) is 2. The number of hydrogen-bond donors (Lipinski definition) is 2. The number of imide groups is 1. The van der Waals surface area contributed by atoms with Crippen molar-refractivity contribution in [2.45, 2.75) is 25.8 Å². The van der Waals surface area contributed by atoms with E-state index in [9.17, 15) is 9.59 Å². The monoisotopic (exact) mass is 388 g/mol. The Morgan fingerprint density at radius 3 is 2.52 bits per heavy atom. The summed E-state index contributed by atoms with van der Waals surface area (Å²) in [6.45, 7) is 1.99. The van der Waals surface area contributed by atoms with Crippen molar-refractivity contribution in [3.8, 4) is 11.5 Å². The van der Waals surface area contributed by atoms with Crippen LogP contribution in [0.4, 0.5) is 4.79 Å². The lowest BCUT2D eigenvalue weighted by Crippen LogP contribution is -2.22. The molecule has 1 atom stereocenters. The molecule has 146 valence electrons. The maximum Gasteiger partial charge on any atom is 0.322 e. The van der Waals surface area contributed by atoms with E-state index in [-0.39, 0.29) is 0 Å². The van der Waals surface area contributed by atoms with Gasteiger partial charge in [0.05, 0.1) is 0 Å². The Bertz CT molecular complexity index is 1050. The lowest BCUT2D eigenvalue weighted by atomic mass is 10.0. The fraction of sp³-hybridized carbons (Fsp3) is 0.182. The number of aryl methyl sites for hydroxylation is 3. The number of carbonyl (C=O) groups excluding carboxylic acids is 2. The van der Waals surface area contributed by atoms with Crippen LogP contribution in [0.3, 0.4) is 0 Å². The minimum atomic E-state index is -0.811. The second kappa shape index (κ2) is 8.10. The van der Waals surface area contributed by atoms with Crippen LogP contribution in [-0.2, 0) is 17.6 Å². The Balaban J connectivity index is 1.44. The third kappa shape index (κ3) is 4.40. The third-order valence-electron chi connectivity index (χ3n) is 4.71. The summed E-state index contributed by atoms with van der Waals surface area (Å²) in [7, 11) is 0. The van der Waals surface area contributed by atoms with Crippen LogP contribution in [0.25, 0.3) is 0 Å². The molecular weight excluding hydrogens is 368 g/mol. The predicted molar refractivity (Wildman–Crippen MR) is 107 cm³/mol. The van der Waals surface area contributed by atoms with Gasteiger partial charge in [-0.05, 0) is 61.2 Å². The van der Waals surface area contributed by atoms with E-state index >= 15 is 0 Å².